The van der Waals surface area contributed by atoms with Gasteiger partial charge in [0.25, 0.3) is 15.0 Å². The quantitative estimate of drug-likeness (QED) is 0.861. The van der Waals surface area contributed by atoms with Gasteiger partial charge in [0.05, 0.1) is 0 Å². The molecule has 1 amide bonds. The van der Waals surface area contributed by atoms with Crippen LogP contribution in [0.15, 0.2) is 17.2 Å². The van der Waals surface area contributed by atoms with E-state index in [0.717, 1.165) is 12.8 Å². The van der Waals surface area contributed by atoms with Crippen molar-refractivity contribution in [2.24, 2.45) is 0 Å². The summed E-state index contributed by atoms with van der Waals surface area (Å²) in [6.45, 7) is 3.75. The predicted octanol–water partition coefficient (Wildman–Crippen LogP) is 1.89. The van der Waals surface area contributed by atoms with E-state index in [9.17, 15) is 13.2 Å². The molecule has 2 rings (SSSR count). The summed E-state index contributed by atoms with van der Waals surface area (Å²) in [6.07, 6.45) is 3.36. The Morgan fingerprint density at radius 3 is 2.56 bits per heavy atom. The van der Waals surface area contributed by atoms with E-state index >= 15 is 0 Å². The molecule has 0 atom stereocenters. The lowest BCUT2D eigenvalue weighted by Gasteiger charge is -2.12. The number of carbonyl (C=O) groups excluding carboxylic acids is 1. The minimum absolute atomic E-state index is 0.0166. The second-order valence-corrected chi connectivity index (χ2v) is 7.31. The zero-order valence-electron chi connectivity index (χ0n) is 10.2. The number of amides is 1. The summed E-state index contributed by atoms with van der Waals surface area (Å²) in [4.78, 5) is 11.9. The van der Waals surface area contributed by atoms with Gasteiger partial charge in [-0.3, -0.25) is 4.79 Å². The number of nitrogens with one attached hydrogen (secondary N) is 1. The van der Waals surface area contributed by atoms with Gasteiger partial charge < -0.3 is 9.88 Å². The molecule has 1 saturated carbocycles. The van der Waals surface area contributed by atoms with E-state index in [1.165, 1.54) is 12.3 Å². The lowest BCUT2D eigenvalue weighted by Crippen LogP contribution is -2.27. The molecule has 1 aromatic rings. The molecule has 5 nitrogen and oxygen atoms in total. The molecule has 1 heterocycles. The van der Waals surface area contributed by atoms with Crippen LogP contribution in [0.1, 0.15) is 43.2 Å². The van der Waals surface area contributed by atoms with Gasteiger partial charge in [-0.25, -0.2) is 8.42 Å². The number of carbonyl (C=O) groups is 1. The van der Waals surface area contributed by atoms with Crippen molar-refractivity contribution >= 4 is 25.6 Å². The third-order valence-electron chi connectivity index (χ3n) is 2.81. The third-order valence-corrected chi connectivity index (χ3v) is 4.13. The number of halogens is 1. The summed E-state index contributed by atoms with van der Waals surface area (Å²) in [6, 6.07) is 1.53. The number of hydrogen-bond acceptors (Lipinski definition) is 3. The Bertz CT molecular complexity index is 573. The fourth-order valence-corrected chi connectivity index (χ4v) is 2.43. The van der Waals surface area contributed by atoms with Crippen molar-refractivity contribution in [3.8, 4) is 0 Å². The van der Waals surface area contributed by atoms with Crippen LogP contribution in [0.3, 0.4) is 0 Å². The first-order valence-electron chi connectivity index (χ1n) is 5.76. The van der Waals surface area contributed by atoms with Crippen LogP contribution in [0.4, 0.5) is 0 Å². The van der Waals surface area contributed by atoms with E-state index in [0.29, 0.717) is 5.69 Å². The first kappa shape index (κ1) is 13.4. The average Bonchev–Trinajstić information content (AvgIpc) is 2.92. The molecule has 0 unspecified atom stereocenters. The lowest BCUT2D eigenvalue weighted by molar-refractivity contribution is 0.0940. The number of rotatable bonds is 4. The van der Waals surface area contributed by atoms with Crippen LogP contribution in [-0.2, 0) is 9.05 Å². The maximum atomic E-state index is 12.0. The van der Waals surface area contributed by atoms with Crippen LogP contribution in [0, 0.1) is 0 Å². The van der Waals surface area contributed by atoms with Gasteiger partial charge in [-0.15, -0.1) is 0 Å². The largest absolute Gasteiger partial charge is 0.348 e. The molecule has 1 aliphatic carbocycles. The Labute approximate surface area is 111 Å². The normalized spacial score (nSPS) is 16.0. The Kier molecular flexibility index (Phi) is 3.42. The first-order chi connectivity index (χ1) is 8.29. The van der Waals surface area contributed by atoms with Crippen molar-refractivity contribution in [1.29, 1.82) is 0 Å². The second-order valence-electron chi connectivity index (χ2n) is 4.75. The highest BCUT2D eigenvalue weighted by atomic mass is 35.7. The van der Waals surface area contributed by atoms with Crippen LogP contribution < -0.4 is 5.32 Å². The van der Waals surface area contributed by atoms with Crippen molar-refractivity contribution < 1.29 is 13.2 Å². The second kappa shape index (κ2) is 4.59. The fraction of sp³-hybridized carbons (Fsp3) is 0.545. The number of hydrogen-bond donors (Lipinski definition) is 1. The third kappa shape index (κ3) is 2.87. The maximum absolute atomic E-state index is 12.0. The molecule has 0 saturated heterocycles. The van der Waals surface area contributed by atoms with Crippen molar-refractivity contribution in [3.63, 3.8) is 0 Å². The molecule has 1 fully saturated rings. The van der Waals surface area contributed by atoms with E-state index in [4.69, 9.17) is 10.7 Å². The SMILES string of the molecule is CC(C)n1cc(S(=O)(=O)Cl)cc1C(=O)NC1CC1. The highest BCUT2D eigenvalue weighted by Gasteiger charge is 2.27. The highest BCUT2D eigenvalue weighted by Crippen LogP contribution is 2.24. The molecule has 1 aromatic heterocycles. The predicted molar refractivity (Wildman–Crippen MR) is 68.3 cm³/mol. The topological polar surface area (TPSA) is 68.2 Å². The zero-order valence-corrected chi connectivity index (χ0v) is 11.8. The van der Waals surface area contributed by atoms with Crippen LogP contribution >= 0.6 is 10.7 Å². The summed E-state index contributed by atoms with van der Waals surface area (Å²) in [5.41, 5.74) is 0.330. The Balaban J connectivity index is 2.37. The van der Waals surface area contributed by atoms with Gasteiger partial charge in [-0.1, -0.05) is 0 Å². The van der Waals surface area contributed by atoms with Crippen LogP contribution in [-0.4, -0.2) is 24.9 Å². The Hall–Kier alpha value is -1.01. The lowest BCUT2D eigenvalue weighted by atomic mass is 10.3. The van der Waals surface area contributed by atoms with Crippen LogP contribution in [0.2, 0.25) is 0 Å². The summed E-state index contributed by atoms with van der Waals surface area (Å²) in [7, 11) is 1.49. The van der Waals surface area contributed by atoms with E-state index in [1.807, 2.05) is 13.8 Å². The summed E-state index contributed by atoms with van der Waals surface area (Å²) < 4.78 is 24.2. The smallest absolute Gasteiger partial charge is 0.268 e. The van der Waals surface area contributed by atoms with Gasteiger partial charge in [0.2, 0.25) is 0 Å². The molecule has 1 N–H and O–H groups in total. The van der Waals surface area contributed by atoms with Crippen molar-refractivity contribution in [1.82, 2.24) is 9.88 Å². The van der Waals surface area contributed by atoms with E-state index in [1.54, 1.807) is 4.57 Å². The fourth-order valence-electron chi connectivity index (χ4n) is 1.68. The highest BCUT2D eigenvalue weighted by molar-refractivity contribution is 8.13. The molecule has 1 aliphatic rings. The molecule has 0 radical (unpaired) electrons. The minimum Gasteiger partial charge on any atom is -0.348 e. The molecule has 0 spiro atoms. The van der Waals surface area contributed by atoms with Gasteiger partial charge in [0, 0.05) is 29.0 Å². The van der Waals surface area contributed by atoms with E-state index in [-0.39, 0.29) is 22.9 Å². The molecule has 0 aliphatic heterocycles. The van der Waals surface area contributed by atoms with Gasteiger partial charge in [-0.05, 0) is 32.8 Å². The average molecular weight is 291 g/mol. The zero-order chi connectivity index (χ0) is 13.5. The Morgan fingerprint density at radius 1 is 1.50 bits per heavy atom. The number of nitrogens with zero attached hydrogens (tertiary/aromatic N) is 1. The van der Waals surface area contributed by atoms with Crippen LogP contribution in [0.25, 0.3) is 0 Å². The van der Waals surface area contributed by atoms with Crippen molar-refractivity contribution in [2.45, 2.75) is 43.7 Å². The molecule has 0 aromatic carbocycles. The molecule has 7 heteroatoms. The van der Waals surface area contributed by atoms with E-state index < -0.39 is 9.05 Å². The molecule has 100 valence electrons. The molecular weight excluding hydrogens is 276 g/mol. The monoisotopic (exact) mass is 290 g/mol. The molecular formula is C11H15ClN2O3S. The summed E-state index contributed by atoms with van der Waals surface area (Å²) >= 11 is 0. The van der Waals surface area contributed by atoms with Crippen molar-refractivity contribution in [2.75, 3.05) is 0 Å². The molecule has 18 heavy (non-hydrogen) atoms. The standard InChI is InChI=1S/C11H15ClN2O3S/c1-7(2)14-6-9(18(12,16)17)5-10(14)11(15)13-8-3-4-8/h5-8H,3-4H2,1-2H3,(H,13,15). The molecule has 0 bridgehead atoms. The summed E-state index contributed by atoms with van der Waals surface area (Å²) in [5.74, 6) is -0.252. The number of aromatic nitrogens is 1. The van der Waals surface area contributed by atoms with Gasteiger partial charge >= 0.3 is 0 Å². The maximum Gasteiger partial charge on any atom is 0.268 e. The summed E-state index contributed by atoms with van der Waals surface area (Å²) in [5, 5.41) is 2.83. The van der Waals surface area contributed by atoms with Gasteiger partial charge in [0.1, 0.15) is 10.6 Å². The van der Waals surface area contributed by atoms with Crippen LogP contribution in [0.5, 0.6) is 0 Å². The van der Waals surface area contributed by atoms with Gasteiger partial charge in [0.15, 0.2) is 0 Å². The van der Waals surface area contributed by atoms with Gasteiger partial charge in [-0.2, -0.15) is 0 Å². The first-order valence-corrected chi connectivity index (χ1v) is 8.07. The van der Waals surface area contributed by atoms with Crippen molar-refractivity contribution in [3.05, 3.63) is 18.0 Å². The minimum atomic E-state index is -3.81. The Morgan fingerprint density at radius 2 is 2.11 bits per heavy atom. The van der Waals surface area contributed by atoms with E-state index in [2.05, 4.69) is 5.32 Å².